The van der Waals surface area contributed by atoms with E-state index in [2.05, 4.69) is 45.0 Å². The normalized spacial score (nSPS) is 28.6. The monoisotopic (exact) mass is 246 g/mol. The molecular formula is C17H26O. The number of hydrogen-bond donors (Lipinski definition) is 1. The van der Waals surface area contributed by atoms with E-state index in [9.17, 15) is 5.11 Å². The highest BCUT2D eigenvalue weighted by Gasteiger charge is 2.35. The standard InChI is InChI=1S/C17H26O/c1-4-14-5-7-16(8-6-14)17(18)11-9-15(10-12-17)13(2)3/h5-8,13,15,18H,4,9-12H2,1-3H3. The number of rotatable bonds is 3. The smallest absolute Gasteiger partial charge is 0.0896 e. The van der Waals surface area contributed by atoms with Crippen LogP contribution in [0.15, 0.2) is 24.3 Å². The fraction of sp³-hybridized carbons (Fsp3) is 0.647. The van der Waals surface area contributed by atoms with E-state index in [4.69, 9.17) is 0 Å². The predicted octanol–water partition coefficient (Wildman–Crippen LogP) is 4.28. The number of aryl methyl sites for hydroxylation is 1. The third-order valence-electron chi connectivity index (χ3n) is 4.70. The van der Waals surface area contributed by atoms with Crippen molar-refractivity contribution in [3.63, 3.8) is 0 Å². The number of benzene rings is 1. The van der Waals surface area contributed by atoms with Gasteiger partial charge in [0.2, 0.25) is 0 Å². The van der Waals surface area contributed by atoms with Crippen LogP contribution in [0.2, 0.25) is 0 Å². The molecule has 1 nitrogen and oxygen atoms in total. The van der Waals surface area contributed by atoms with Crippen LogP contribution in [0.4, 0.5) is 0 Å². The lowest BCUT2D eigenvalue weighted by molar-refractivity contribution is -0.0199. The minimum Gasteiger partial charge on any atom is -0.385 e. The average Bonchev–Trinajstić information content (AvgIpc) is 2.39. The maximum Gasteiger partial charge on any atom is 0.0896 e. The van der Waals surface area contributed by atoms with Crippen LogP contribution in [-0.4, -0.2) is 5.11 Å². The zero-order valence-corrected chi connectivity index (χ0v) is 11.9. The van der Waals surface area contributed by atoms with Crippen molar-refractivity contribution in [3.8, 4) is 0 Å². The van der Waals surface area contributed by atoms with Crippen LogP contribution in [0.3, 0.4) is 0 Å². The lowest BCUT2D eigenvalue weighted by atomic mass is 9.72. The summed E-state index contributed by atoms with van der Waals surface area (Å²) in [6.07, 6.45) is 5.21. The quantitative estimate of drug-likeness (QED) is 0.844. The van der Waals surface area contributed by atoms with Crippen molar-refractivity contribution in [2.24, 2.45) is 11.8 Å². The van der Waals surface area contributed by atoms with Gasteiger partial charge in [0, 0.05) is 0 Å². The van der Waals surface area contributed by atoms with Crippen molar-refractivity contribution < 1.29 is 5.11 Å². The van der Waals surface area contributed by atoms with Gasteiger partial charge in [0.1, 0.15) is 0 Å². The van der Waals surface area contributed by atoms with Gasteiger partial charge in [0.15, 0.2) is 0 Å². The number of aliphatic hydroxyl groups is 1. The summed E-state index contributed by atoms with van der Waals surface area (Å²) in [5, 5.41) is 10.8. The Hall–Kier alpha value is -0.820. The van der Waals surface area contributed by atoms with Crippen LogP contribution >= 0.6 is 0 Å². The molecule has 0 aliphatic heterocycles. The highest BCUT2D eigenvalue weighted by atomic mass is 16.3. The van der Waals surface area contributed by atoms with Crippen molar-refractivity contribution in [1.82, 2.24) is 0 Å². The van der Waals surface area contributed by atoms with Gasteiger partial charge < -0.3 is 5.11 Å². The van der Waals surface area contributed by atoms with E-state index in [0.717, 1.165) is 49.5 Å². The summed E-state index contributed by atoms with van der Waals surface area (Å²) in [5.41, 5.74) is 1.89. The molecular weight excluding hydrogens is 220 g/mol. The first-order chi connectivity index (χ1) is 8.55. The van der Waals surface area contributed by atoms with E-state index < -0.39 is 5.60 Å². The highest BCUT2D eigenvalue weighted by molar-refractivity contribution is 5.27. The largest absolute Gasteiger partial charge is 0.385 e. The summed E-state index contributed by atoms with van der Waals surface area (Å²) in [7, 11) is 0. The van der Waals surface area contributed by atoms with Crippen molar-refractivity contribution in [2.45, 2.75) is 58.5 Å². The molecule has 0 heterocycles. The van der Waals surface area contributed by atoms with Gasteiger partial charge in [-0.1, -0.05) is 45.0 Å². The molecule has 1 aliphatic rings. The van der Waals surface area contributed by atoms with Gasteiger partial charge in [-0.3, -0.25) is 0 Å². The molecule has 0 amide bonds. The summed E-state index contributed by atoms with van der Waals surface area (Å²) in [6.45, 7) is 6.76. The van der Waals surface area contributed by atoms with Crippen LogP contribution in [0.1, 0.15) is 57.6 Å². The summed E-state index contributed by atoms with van der Waals surface area (Å²) in [6, 6.07) is 8.55. The minimum atomic E-state index is -0.572. The maximum absolute atomic E-state index is 10.8. The van der Waals surface area contributed by atoms with Crippen LogP contribution < -0.4 is 0 Å². The lowest BCUT2D eigenvalue weighted by Gasteiger charge is -2.38. The highest BCUT2D eigenvalue weighted by Crippen LogP contribution is 2.41. The summed E-state index contributed by atoms with van der Waals surface area (Å²) in [4.78, 5) is 0. The first-order valence-electron chi connectivity index (χ1n) is 7.37. The summed E-state index contributed by atoms with van der Waals surface area (Å²) >= 11 is 0. The van der Waals surface area contributed by atoms with Crippen molar-refractivity contribution >= 4 is 0 Å². The zero-order chi connectivity index (χ0) is 13.2. The Morgan fingerprint density at radius 3 is 2.17 bits per heavy atom. The van der Waals surface area contributed by atoms with Gasteiger partial charge in [-0.15, -0.1) is 0 Å². The number of hydrogen-bond acceptors (Lipinski definition) is 1. The molecule has 0 radical (unpaired) electrons. The molecule has 1 fully saturated rings. The molecule has 18 heavy (non-hydrogen) atoms. The van der Waals surface area contributed by atoms with Crippen molar-refractivity contribution in [3.05, 3.63) is 35.4 Å². The second-order valence-electron chi connectivity index (χ2n) is 6.16. The average molecular weight is 246 g/mol. The molecule has 1 heteroatoms. The molecule has 1 N–H and O–H groups in total. The molecule has 1 aliphatic carbocycles. The molecule has 100 valence electrons. The van der Waals surface area contributed by atoms with Crippen LogP contribution in [-0.2, 0) is 12.0 Å². The van der Waals surface area contributed by atoms with Crippen LogP contribution in [0.5, 0.6) is 0 Å². The fourth-order valence-electron chi connectivity index (χ4n) is 3.12. The molecule has 0 saturated heterocycles. The Morgan fingerprint density at radius 1 is 1.17 bits per heavy atom. The Labute approximate surface area is 111 Å². The van der Waals surface area contributed by atoms with Crippen LogP contribution in [0.25, 0.3) is 0 Å². The second kappa shape index (κ2) is 5.44. The Morgan fingerprint density at radius 2 is 1.72 bits per heavy atom. The fourth-order valence-corrected chi connectivity index (χ4v) is 3.12. The third-order valence-corrected chi connectivity index (χ3v) is 4.70. The molecule has 0 bridgehead atoms. The lowest BCUT2D eigenvalue weighted by Crippen LogP contribution is -2.32. The van der Waals surface area contributed by atoms with Gasteiger partial charge in [-0.25, -0.2) is 0 Å². The first kappa shape index (κ1) is 13.6. The Kier molecular flexibility index (Phi) is 4.11. The maximum atomic E-state index is 10.8. The summed E-state index contributed by atoms with van der Waals surface area (Å²) in [5.74, 6) is 1.54. The molecule has 0 atom stereocenters. The Balaban J connectivity index is 2.08. The van der Waals surface area contributed by atoms with E-state index in [1.807, 2.05) is 0 Å². The Bertz CT molecular complexity index is 369. The van der Waals surface area contributed by atoms with E-state index in [0.29, 0.717) is 0 Å². The van der Waals surface area contributed by atoms with Crippen LogP contribution in [0, 0.1) is 11.8 Å². The molecule has 0 spiro atoms. The van der Waals surface area contributed by atoms with Gasteiger partial charge >= 0.3 is 0 Å². The third kappa shape index (κ3) is 2.77. The first-order valence-corrected chi connectivity index (χ1v) is 7.37. The second-order valence-corrected chi connectivity index (χ2v) is 6.16. The minimum absolute atomic E-state index is 0.572. The van der Waals surface area contributed by atoms with Gasteiger partial charge in [-0.05, 0) is 55.1 Å². The zero-order valence-electron chi connectivity index (χ0n) is 11.9. The van der Waals surface area contributed by atoms with Gasteiger partial charge in [-0.2, -0.15) is 0 Å². The molecule has 2 rings (SSSR count). The van der Waals surface area contributed by atoms with E-state index in [1.165, 1.54) is 5.56 Å². The van der Waals surface area contributed by atoms with Gasteiger partial charge in [0.25, 0.3) is 0 Å². The van der Waals surface area contributed by atoms with E-state index in [1.54, 1.807) is 0 Å². The van der Waals surface area contributed by atoms with E-state index in [-0.39, 0.29) is 0 Å². The molecule has 0 aromatic heterocycles. The predicted molar refractivity (Wildman–Crippen MR) is 76.5 cm³/mol. The SMILES string of the molecule is CCc1ccc(C2(O)CCC(C(C)C)CC2)cc1. The molecule has 1 aromatic carbocycles. The van der Waals surface area contributed by atoms with Crippen molar-refractivity contribution in [1.29, 1.82) is 0 Å². The molecule has 1 aromatic rings. The van der Waals surface area contributed by atoms with Crippen molar-refractivity contribution in [2.75, 3.05) is 0 Å². The molecule has 0 unspecified atom stereocenters. The summed E-state index contributed by atoms with van der Waals surface area (Å²) < 4.78 is 0. The topological polar surface area (TPSA) is 20.2 Å². The molecule has 1 saturated carbocycles. The van der Waals surface area contributed by atoms with E-state index >= 15 is 0 Å². The van der Waals surface area contributed by atoms with Gasteiger partial charge in [0.05, 0.1) is 5.60 Å².